The number of hydrogen-bond acceptors (Lipinski definition) is 3. The normalized spacial score (nSPS) is 33.4. The van der Waals surface area contributed by atoms with Crippen molar-refractivity contribution in [2.75, 3.05) is 26.2 Å². The van der Waals surface area contributed by atoms with Crippen LogP contribution in [-0.4, -0.2) is 49.3 Å². The van der Waals surface area contributed by atoms with E-state index in [0.717, 1.165) is 19.1 Å². The van der Waals surface area contributed by atoms with Crippen LogP contribution in [0.25, 0.3) is 0 Å². The number of rotatable bonds is 4. The van der Waals surface area contributed by atoms with E-state index in [1.807, 2.05) is 0 Å². The second kappa shape index (κ2) is 5.99. The van der Waals surface area contributed by atoms with Crippen molar-refractivity contribution in [1.82, 2.24) is 10.2 Å². The van der Waals surface area contributed by atoms with E-state index < -0.39 is 0 Å². The van der Waals surface area contributed by atoms with Crippen LogP contribution in [0.2, 0.25) is 0 Å². The molecule has 2 rings (SSSR count). The van der Waals surface area contributed by atoms with Gasteiger partial charge in [-0.05, 0) is 52.2 Å². The molecule has 0 aliphatic carbocycles. The Morgan fingerprint density at radius 1 is 1.19 bits per heavy atom. The highest BCUT2D eigenvalue weighted by Gasteiger charge is 2.26. The molecule has 0 saturated carbocycles. The maximum Gasteiger partial charge on any atom is 0.0706 e. The maximum absolute atomic E-state index is 5.88. The quantitative estimate of drug-likeness (QED) is 0.788. The molecule has 0 bridgehead atoms. The largest absolute Gasteiger partial charge is 0.374 e. The van der Waals surface area contributed by atoms with Gasteiger partial charge in [0.25, 0.3) is 0 Å². The fourth-order valence-corrected chi connectivity index (χ4v) is 2.92. The molecule has 2 saturated heterocycles. The van der Waals surface area contributed by atoms with Gasteiger partial charge in [0.1, 0.15) is 0 Å². The van der Waals surface area contributed by atoms with Crippen molar-refractivity contribution in [2.45, 2.75) is 57.8 Å². The zero-order valence-electron chi connectivity index (χ0n) is 10.7. The summed E-state index contributed by atoms with van der Waals surface area (Å²) in [7, 11) is 0. The van der Waals surface area contributed by atoms with Gasteiger partial charge in [0.05, 0.1) is 12.2 Å². The van der Waals surface area contributed by atoms with Gasteiger partial charge < -0.3 is 15.0 Å². The first-order valence-corrected chi connectivity index (χ1v) is 6.89. The molecule has 2 heterocycles. The van der Waals surface area contributed by atoms with Crippen LogP contribution in [0.3, 0.4) is 0 Å². The Hall–Kier alpha value is -0.120. The summed E-state index contributed by atoms with van der Waals surface area (Å²) < 4.78 is 5.88. The second-order valence-corrected chi connectivity index (χ2v) is 5.28. The molecule has 94 valence electrons. The van der Waals surface area contributed by atoms with Crippen molar-refractivity contribution in [1.29, 1.82) is 0 Å². The zero-order valence-corrected chi connectivity index (χ0v) is 10.7. The van der Waals surface area contributed by atoms with E-state index >= 15 is 0 Å². The standard InChI is InChI=1S/C13H26N2O/c1-3-14-12-6-8-15(9-7-12)10-13-5-4-11(2)16-13/h11-14H,3-10H2,1-2H3. The molecular weight excluding hydrogens is 200 g/mol. The van der Waals surface area contributed by atoms with Crippen LogP contribution in [0.4, 0.5) is 0 Å². The molecule has 0 radical (unpaired) electrons. The Morgan fingerprint density at radius 2 is 1.94 bits per heavy atom. The molecule has 2 atom stereocenters. The molecule has 0 aromatic carbocycles. The van der Waals surface area contributed by atoms with E-state index in [4.69, 9.17) is 4.74 Å². The molecule has 0 spiro atoms. The van der Waals surface area contributed by atoms with E-state index in [9.17, 15) is 0 Å². The first kappa shape index (κ1) is 12.3. The van der Waals surface area contributed by atoms with Crippen molar-refractivity contribution < 1.29 is 4.74 Å². The van der Waals surface area contributed by atoms with Crippen LogP contribution < -0.4 is 5.32 Å². The molecule has 2 fully saturated rings. The van der Waals surface area contributed by atoms with Gasteiger partial charge in [-0.25, -0.2) is 0 Å². The van der Waals surface area contributed by atoms with Crippen molar-refractivity contribution >= 4 is 0 Å². The average Bonchev–Trinajstić information content (AvgIpc) is 2.67. The van der Waals surface area contributed by atoms with Gasteiger partial charge in [0.15, 0.2) is 0 Å². The average molecular weight is 226 g/mol. The number of hydrogen-bond donors (Lipinski definition) is 1. The molecule has 2 aliphatic rings. The molecule has 2 unspecified atom stereocenters. The van der Waals surface area contributed by atoms with E-state index in [1.165, 1.54) is 38.8 Å². The minimum atomic E-state index is 0.490. The van der Waals surface area contributed by atoms with Crippen LogP contribution in [0.15, 0.2) is 0 Å². The Morgan fingerprint density at radius 3 is 2.50 bits per heavy atom. The van der Waals surface area contributed by atoms with E-state index in [1.54, 1.807) is 0 Å². The fourth-order valence-electron chi connectivity index (χ4n) is 2.92. The molecular formula is C13H26N2O. The molecule has 0 aromatic heterocycles. The number of ether oxygens (including phenoxy) is 1. The van der Waals surface area contributed by atoms with Crippen LogP contribution in [0.5, 0.6) is 0 Å². The van der Waals surface area contributed by atoms with Crippen molar-refractivity contribution in [2.24, 2.45) is 0 Å². The molecule has 16 heavy (non-hydrogen) atoms. The lowest BCUT2D eigenvalue weighted by Crippen LogP contribution is -2.44. The van der Waals surface area contributed by atoms with Crippen molar-refractivity contribution in [3.8, 4) is 0 Å². The summed E-state index contributed by atoms with van der Waals surface area (Å²) in [5, 5.41) is 3.55. The van der Waals surface area contributed by atoms with Crippen molar-refractivity contribution in [3.63, 3.8) is 0 Å². The Balaban J connectivity index is 1.65. The smallest absolute Gasteiger partial charge is 0.0706 e. The Labute approximate surface area is 99.5 Å². The molecule has 3 heteroatoms. The second-order valence-electron chi connectivity index (χ2n) is 5.28. The summed E-state index contributed by atoms with van der Waals surface area (Å²) in [6.45, 7) is 9.13. The summed E-state index contributed by atoms with van der Waals surface area (Å²) in [5.74, 6) is 0. The monoisotopic (exact) mass is 226 g/mol. The molecule has 1 N–H and O–H groups in total. The van der Waals surface area contributed by atoms with Gasteiger partial charge in [-0.3, -0.25) is 0 Å². The van der Waals surface area contributed by atoms with Crippen LogP contribution >= 0.6 is 0 Å². The summed E-state index contributed by atoms with van der Waals surface area (Å²) >= 11 is 0. The maximum atomic E-state index is 5.88. The van der Waals surface area contributed by atoms with Gasteiger partial charge in [-0.15, -0.1) is 0 Å². The number of likely N-dealkylation sites (tertiary alicyclic amines) is 1. The molecule has 0 amide bonds. The molecule has 3 nitrogen and oxygen atoms in total. The first-order chi connectivity index (χ1) is 7.78. The molecule has 0 aromatic rings. The lowest BCUT2D eigenvalue weighted by atomic mass is 10.0. The number of nitrogens with zero attached hydrogens (tertiary/aromatic N) is 1. The van der Waals surface area contributed by atoms with Crippen molar-refractivity contribution in [3.05, 3.63) is 0 Å². The predicted octanol–water partition coefficient (Wildman–Crippen LogP) is 1.63. The van der Waals surface area contributed by atoms with E-state index in [0.29, 0.717) is 12.2 Å². The summed E-state index contributed by atoms with van der Waals surface area (Å²) in [5.41, 5.74) is 0. The highest BCUT2D eigenvalue weighted by Crippen LogP contribution is 2.21. The van der Waals surface area contributed by atoms with Gasteiger partial charge in [0.2, 0.25) is 0 Å². The molecule has 2 aliphatic heterocycles. The van der Waals surface area contributed by atoms with Gasteiger partial charge in [0, 0.05) is 12.6 Å². The minimum absolute atomic E-state index is 0.490. The van der Waals surface area contributed by atoms with E-state index in [2.05, 4.69) is 24.1 Å². The number of nitrogens with one attached hydrogen (secondary N) is 1. The lowest BCUT2D eigenvalue weighted by molar-refractivity contribution is 0.0256. The van der Waals surface area contributed by atoms with Crippen LogP contribution in [0, 0.1) is 0 Å². The fraction of sp³-hybridized carbons (Fsp3) is 1.00. The lowest BCUT2D eigenvalue weighted by Gasteiger charge is -2.33. The van der Waals surface area contributed by atoms with Crippen LogP contribution in [-0.2, 0) is 4.74 Å². The summed E-state index contributed by atoms with van der Waals surface area (Å²) in [6, 6.07) is 0.754. The highest BCUT2D eigenvalue weighted by atomic mass is 16.5. The third-order valence-electron chi connectivity index (χ3n) is 3.86. The zero-order chi connectivity index (χ0) is 11.4. The first-order valence-electron chi connectivity index (χ1n) is 6.89. The summed E-state index contributed by atoms with van der Waals surface area (Å²) in [6.07, 6.45) is 6.11. The summed E-state index contributed by atoms with van der Waals surface area (Å²) in [4.78, 5) is 2.58. The van der Waals surface area contributed by atoms with Crippen LogP contribution in [0.1, 0.15) is 39.5 Å². The Bertz CT molecular complexity index is 202. The van der Waals surface area contributed by atoms with Gasteiger partial charge in [-0.2, -0.15) is 0 Å². The van der Waals surface area contributed by atoms with Gasteiger partial charge in [-0.1, -0.05) is 6.92 Å². The van der Waals surface area contributed by atoms with Gasteiger partial charge >= 0.3 is 0 Å². The third kappa shape index (κ3) is 3.44. The highest BCUT2D eigenvalue weighted by molar-refractivity contribution is 4.80. The topological polar surface area (TPSA) is 24.5 Å². The SMILES string of the molecule is CCNC1CCN(CC2CCC(C)O2)CC1. The third-order valence-corrected chi connectivity index (χ3v) is 3.86. The predicted molar refractivity (Wildman–Crippen MR) is 66.7 cm³/mol. The minimum Gasteiger partial charge on any atom is -0.374 e. The van der Waals surface area contributed by atoms with E-state index in [-0.39, 0.29) is 0 Å². The Kier molecular flexibility index (Phi) is 4.62. The number of piperidine rings is 1.